The highest BCUT2D eigenvalue weighted by molar-refractivity contribution is 5.74. The van der Waals surface area contributed by atoms with Crippen molar-refractivity contribution in [3.63, 3.8) is 0 Å². The maximum atomic E-state index is 10.5. The highest BCUT2D eigenvalue weighted by Gasteiger charge is 1.96. The van der Waals surface area contributed by atoms with Crippen molar-refractivity contribution in [2.75, 3.05) is 26.4 Å². The summed E-state index contributed by atoms with van der Waals surface area (Å²) < 4.78 is 16.7. The van der Waals surface area contributed by atoms with Crippen LogP contribution in [0.3, 0.4) is 0 Å². The van der Waals surface area contributed by atoms with Crippen molar-refractivity contribution >= 4 is 6.29 Å². The Morgan fingerprint density at radius 3 is 1.83 bits per heavy atom. The minimum absolute atomic E-state index is 0.598. The molecule has 0 spiro atoms. The molecule has 0 amide bonds. The Morgan fingerprint density at radius 2 is 1.26 bits per heavy atom. The predicted octanol–water partition coefficient (Wildman–Crippen LogP) is 3.75. The summed E-state index contributed by atoms with van der Waals surface area (Å²) in [5.41, 5.74) is 0.651. The van der Waals surface area contributed by atoms with E-state index in [9.17, 15) is 4.79 Å². The minimum Gasteiger partial charge on any atom is -0.494 e. The average molecular weight is 314 g/mol. The highest BCUT2D eigenvalue weighted by Crippen LogP contribution is 2.11. The van der Waals surface area contributed by atoms with Crippen LogP contribution in [0.2, 0.25) is 0 Å². The smallest absolute Gasteiger partial charge is 0.150 e. The van der Waals surface area contributed by atoms with Gasteiger partial charge in [0.25, 0.3) is 0 Å². The van der Waals surface area contributed by atoms with E-state index in [1.54, 1.807) is 24.3 Å². The third-order valence-corrected chi connectivity index (χ3v) is 3.16. The number of carbonyl (C=O) groups is 1. The third kappa shape index (κ3) is 6.98. The molecule has 0 aliphatic heterocycles. The molecule has 2 aromatic rings. The lowest BCUT2D eigenvalue weighted by atomic mass is 10.2. The van der Waals surface area contributed by atoms with Crippen molar-refractivity contribution in [3.05, 3.63) is 60.2 Å². The number of carbonyl (C=O) groups excluding carboxylic acids is 1. The van der Waals surface area contributed by atoms with E-state index in [2.05, 4.69) is 0 Å². The molecule has 0 aliphatic rings. The number of aldehydes is 1. The third-order valence-electron chi connectivity index (χ3n) is 3.16. The zero-order valence-corrected chi connectivity index (χ0v) is 13.1. The van der Waals surface area contributed by atoms with Crippen molar-refractivity contribution in [2.24, 2.45) is 0 Å². The summed E-state index contributed by atoms with van der Waals surface area (Å²) in [6.07, 6.45) is 2.51. The van der Waals surface area contributed by atoms with Gasteiger partial charge in [0.05, 0.1) is 13.2 Å². The molecular weight excluding hydrogens is 292 g/mol. The lowest BCUT2D eigenvalue weighted by Gasteiger charge is -2.08. The number of ether oxygens (including phenoxy) is 3. The van der Waals surface area contributed by atoms with Gasteiger partial charge < -0.3 is 14.2 Å². The normalized spacial score (nSPS) is 10.3. The summed E-state index contributed by atoms with van der Waals surface area (Å²) in [4.78, 5) is 10.5. The summed E-state index contributed by atoms with van der Waals surface area (Å²) in [6, 6.07) is 16.8. The summed E-state index contributed by atoms with van der Waals surface area (Å²) in [5.74, 6) is 1.66. The first kappa shape index (κ1) is 17.0. The molecule has 0 saturated heterocycles. The second-order valence-corrected chi connectivity index (χ2v) is 5.02. The fourth-order valence-electron chi connectivity index (χ4n) is 1.96. The molecule has 23 heavy (non-hydrogen) atoms. The number of hydrogen-bond acceptors (Lipinski definition) is 4. The largest absolute Gasteiger partial charge is 0.494 e. The summed E-state index contributed by atoms with van der Waals surface area (Å²) in [7, 11) is 0. The van der Waals surface area contributed by atoms with Crippen molar-refractivity contribution in [1.82, 2.24) is 0 Å². The molecular formula is C19H22O4. The Balaban J connectivity index is 1.44. The van der Waals surface area contributed by atoms with Gasteiger partial charge in [0.1, 0.15) is 17.8 Å². The Labute approximate surface area is 137 Å². The zero-order chi connectivity index (χ0) is 16.2. The summed E-state index contributed by atoms with van der Waals surface area (Å²) in [5, 5.41) is 0. The number of benzene rings is 2. The molecule has 0 unspecified atom stereocenters. The van der Waals surface area contributed by atoms with Gasteiger partial charge in [-0.3, -0.25) is 4.79 Å². The van der Waals surface area contributed by atoms with Crippen LogP contribution in [0.5, 0.6) is 11.5 Å². The van der Waals surface area contributed by atoms with Crippen LogP contribution >= 0.6 is 0 Å². The van der Waals surface area contributed by atoms with Gasteiger partial charge in [0, 0.05) is 31.6 Å². The van der Waals surface area contributed by atoms with Gasteiger partial charge in [-0.1, -0.05) is 18.2 Å². The van der Waals surface area contributed by atoms with Crippen LogP contribution in [-0.4, -0.2) is 32.7 Å². The SMILES string of the molecule is O=Cc1ccc(OCCCOCCCOc2ccccc2)cc1. The molecule has 0 aliphatic carbocycles. The zero-order valence-electron chi connectivity index (χ0n) is 13.1. The van der Waals surface area contributed by atoms with Gasteiger partial charge in [-0.15, -0.1) is 0 Å². The van der Waals surface area contributed by atoms with Crippen LogP contribution in [0, 0.1) is 0 Å². The molecule has 0 atom stereocenters. The van der Waals surface area contributed by atoms with Crippen molar-refractivity contribution < 1.29 is 19.0 Å². The van der Waals surface area contributed by atoms with Crippen LogP contribution in [0.1, 0.15) is 23.2 Å². The Hall–Kier alpha value is -2.33. The van der Waals surface area contributed by atoms with E-state index in [1.807, 2.05) is 30.3 Å². The second-order valence-electron chi connectivity index (χ2n) is 5.02. The van der Waals surface area contributed by atoms with Crippen LogP contribution in [0.25, 0.3) is 0 Å². The lowest BCUT2D eigenvalue weighted by Crippen LogP contribution is -2.06. The monoisotopic (exact) mass is 314 g/mol. The van der Waals surface area contributed by atoms with E-state index in [1.165, 1.54) is 0 Å². The Kier molecular flexibility index (Phi) is 7.70. The highest BCUT2D eigenvalue weighted by atomic mass is 16.5. The van der Waals surface area contributed by atoms with Crippen LogP contribution in [-0.2, 0) is 4.74 Å². The van der Waals surface area contributed by atoms with E-state index in [-0.39, 0.29) is 0 Å². The van der Waals surface area contributed by atoms with E-state index < -0.39 is 0 Å². The molecule has 0 N–H and O–H groups in total. The maximum Gasteiger partial charge on any atom is 0.150 e. The van der Waals surface area contributed by atoms with Crippen molar-refractivity contribution in [3.8, 4) is 11.5 Å². The van der Waals surface area contributed by atoms with Crippen LogP contribution in [0.4, 0.5) is 0 Å². The summed E-state index contributed by atoms with van der Waals surface area (Å²) >= 11 is 0. The summed E-state index contributed by atoms with van der Waals surface area (Å²) in [6.45, 7) is 2.60. The second kappa shape index (κ2) is 10.4. The molecule has 0 bridgehead atoms. The Morgan fingerprint density at radius 1 is 0.696 bits per heavy atom. The molecule has 4 heteroatoms. The fourth-order valence-corrected chi connectivity index (χ4v) is 1.96. The predicted molar refractivity (Wildman–Crippen MR) is 89.3 cm³/mol. The topological polar surface area (TPSA) is 44.8 Å². The average Bonchev–Trinajstić information content (AvgIpc) is 2.61. The standard InChI is InChI=1S/C19H22O4/c20-16-17-8-10-19(11-9-17)23-15-5-13-21-12-4-14-22-18-6-2-1-3-7-18/h1-3,6-11,16H,4-5,12-15H2. The number of rotatable bonds is 11. The molecule has 0 saturated carbocycles. The van der Waals surface area contributed by atoms with Crippen LogP contribution < -0.4 is 9.47 Å². The van der Waals surface area contributed by atoms with Gasteiger partial charge in [-0.05, 0) is 36.4 Å². The van der Waals surface area contributed by atoms with Gasteiger partial charge in [0.15, 0.2) is 0 Å². The van der Waals surface area contributed by atoms with Gasteiger partial charge in [-0.2, -0.15) is 0 Å². The number of para-hydroxylation sites is 1. The Bertz CT molecular complexity index is 551. The van der Waals surface area contributed by atoms with Gasteiger partial charge in [-0.25, -0.2) is 0 Å². The molecule has 2 rings (SSSR count). The minimum atomic E-state index is 0.598. The van der Waals surface area contributed by atoms with E-state index >= 15 is 0 Å². The van der Waals surface area contributed by atoms with Crippen molar-refractivity contribution in [2.45, 2.75) is 12.8 Å². The van der Waals surface area contributed by atoms with Gasteiger partial charge in [0.2, 0.25) is 0 Å². The molecule has 2 aromatic carbocycles. The molecule has 0 fully saturated rings. The number of hydrogen-bond donors (Lipinski definition) is 0. The quantitative estimate of drug-likeness (QED) is 0.468. The van der Waals surface area contributed by atoms with E-state index in [4.69, 9.17) is 14.2 Å². The van der Waals surface area contributed by atoms with Crippen LogP contribution in [0.15, 0.2) is 54.6 Å². The first-order valence-electron chi connectivity index (χ1n) is 7.82. The van der Waals surface area contributed by atoms with Crippen molar-refractivity contribution in [1.29, 1.82) is 0 Å². The molecule has 4 nitrogen and oxygen atoms in total. The molecule has 0 aromatic heterocycles. The lowest BCUT2D eigenvalue weighted by molar-refractivity contribution is 0.107. The first-order valence-corrected chi connectivity index (χ1v) is 7.82. The fraction of sp³-hybridized carbons (Fsp3) is 0.316. The maximum absolute atomic E-state index is 10.5. The molecule has 0 radical (unpaired) electrons. The first-order chi connectivity index (χ1) is 11.4. The molecule has 122 valence electrons. The van der Waals surface area contributed by atoms with Gasteiger partial charge >= 0.3 is 0 Å². The molecule has 0 heterocycles. The van der Waals surface area contributed by atoms with E-state index in [0.717, 1.165) is 30.6 Å². The van der Waals surface area contributed by atoms with E-state index in [0.29, 0.717) is 32.0 Å².